The van der Waals surface area contributed by atoms with Crippen LogP contribution in [0.3, 0.4) is 0 Å². The highest BCUT2D eigenvalue weighted by atomic mass is 32.2. The van der Waals surface area contributed by atoms with E-state index in [1.165, 1.54) is 4.31 Å². The van der Waals surface area contributed by atoms with Gasteiger partial charge in [0.05, 0.1) is 23.6 Å². The van der Waals surface area contributed by atoms with Gasteiger partial charge in [-0.1, -0.05) is 48.0 Å². The van der Waals surface area contributed by atoms with Gasteiger partial charge in [-0.2, -0.15) is 4.31 Å². The molecule has 1 saturated heterocycles. The number of hydrogen-bond acceptors (Lipinski definition) is 6. The molecule has 2 aromatic carbocycles. The molecule has 2 aliphatic heterocycles. The molecule has 36 heavy (non-hydrogen) atoms. The van der Waals surface area contributed by atoms with Crippen molar-refractivity contribution in [2.75, 3.05) is 13.1 Å². The Labute approximate surface area is 212 Å². The SMILES string of the molecule is Cc1ccc(S(=O)(=O)N2CCC3(C=C(C(=O)NC4CCCC4OCc4ccccc4)NO3)CC2)cc1. The lowest BCUT2D eigenvalue weighted by Crippen LogP contribution is -2.46. The van der Waals surface area contributed by atoms with Gasteiger partial charge in [-0.3, -0.25) is 15.1 Å². The number of amides is 1. The molecule has 0 radical (unpaired) electrons. The number of benzene rings is 2. The first-order valence-electron chi connectivity index (χ1n) is 12.5. The first-order valence-corrected chi connectivity index (χ1v) is 14.0. The average Bonchev–Trinajstić information content (AvgIpc) is 3.51. The third-order valence-electron chi connectivity index (χ3n) is 7.32. The van der Waals surface area contributed by atoms with E-state index in [-0.39, 0.29) is 18.1 Å². The van der Waals surface area contributed by atoms with Gasteiger partial charge in [-0.05, 0) is 62.8 Å². The molecule has 2 fully saturated rings. The molecule has 1 aliphatic carbocycles. The maximum atomic E-state index is 13.0. The van der Waals surface area contributed by atoms with E-state index in [4.69, 9.17) is 9.57 Å². The topological polar surface area (TPSA) is 97.0 Å². The Kier molecular flexibility index (Phi) is 7.16. The molecule has 1 amide bonds. The van der Waals surface area contributed by atoms with E-state index >= 15 is 0 Å². The van der Waals surface area contributed by atoms with Gasteiger partial charge in [-0.15, -0.1) is 0 Å². The number of ether oxygens (including phenoxy) is 1. The number of sulfonamides is 1. The second kappa shape index (κ2) is 10.3. The fourth-order valence-corrected chi connectivity index (χ4v) is 6.56. The van der Waals surface area contributed by atoms with Crippen molar-refractivity contribution in [2.24, 2.45) is 0 Å². The summed E-state index contributed by atoms with van der Waals surface area (Å²) in [7, 11) is -3.56. The molecule has 192 valence electrons. The molecule has 9 heteroatoms. The quantitative estimate of drug-likeness (QED) is 0.593. The van der Waals surface area contributed by atoms with Crippen molar-refractivity contribution in [3.05, 3.63) is 77.5 Å². The molecular formula is C27H33N3O5S. The molecule has 2 N–H and O–H groups in total. The number of hydroxylamine groups is 1. The minimum atomic E-state index is -3.56. The lowest BCUT2D eigenvalue weighted by atomic mass is 9.92. The van der Waals surface area contributed by atoms with Crippen LogP contribution in [0.5, 0.6) is 0 Å². The van der Waals surface area contributed by atoms with Gasteiger partial charge in [0.1, 0.15) is 11.3 Å². The largest absolute Gasteiger partial charge is 0.371 e. The van der Waals surface area contributed by atoms with Crippen molar-refractivity contribution in [1.82, 2.24) is 15.1 Å². The number of piperidine rings is 1. The predicted octanol–water partition coefficient (Wildman–Crippen LogP) is 3.19. The monoisotopic (exact) mass is 511 g/mol. The highest BCUT2D eigenvalue weighted by Crippen LogP contribution is 2.34. The molecular weight excluding hydrogens is 478 g/mol. The van der Waals surface area contributed by atoms with E-state index < -0.39 is 15.6 Å². The number of nitrogens with zero attached hydrogens (tertiary/aromatic N) is 1. The fourth-order valence-electron chi connectivity index (χ4n) is 5.12. The number of carbonyl (C=O) groups is 1. The summed E-state index contributed by atoms with van der Waals surface area (Å²) in [6, 6.07) is 16.9. The van der Waals surface area contributed by atoms with Crippen LogP contribution < -0.4 is 10.8 Å². The van der Waals surface area contributed by atoms with E-state index in [1.807, 2.05) is 43.3 Å². The molecule has 2 unspecified atom stereocenters. The summed E-state index contributed by atoms with van der Waals surface area (Å²) < 4.78 is 33.6. The van der Waals surface area contributed by atoms with Crippen molar-refractivity contribution in [1.29, 1.82) is 0 Å². The summed E-state index contributed by atoms with van der Waals surface area (Å²) in [5.74, 6) is -0.221. The first kappa shape index (κ1) is 25.0. The summed E-state index contributed by atoms with van der Waals surface area (Å²) in [5.41, 5.74) is 4.60. The first-order chi connectivity index (χ1) is 17.3. The van der Waals surface area contributed by atoms with Crippen LogP contribution in [-0.2, 0) is 31.0 Å². The molecule has 2 aromatic rings. The second-order valence-electron chi connectivity index (χ2n) is 9.89. The number of aryl methyl sites for hydroxylation is 1. The maximum absolute atomic E-state index is 13.0. The molecule has 0 aromatic heterocycles. The highest BCUT2D eigenvalue weighted by molar-refractivity contribution is 7.89. The zero-order valence-corrected chi connectivity index (χ0v) is 21.3. The third-order valence-corrected chi connectivity index (χ3v) is 9.23. The van der Waals surface area contributed by atoms with Gasteiger partial charge >= 0.3 is 0 Å². The normalized spacial score (nSPS) is 23.9. The zero-order valence-electron chi connectivity index (χ0n) is 20.5. The number of hydrogen-bond donors (Lipinski definition) is 2. The van der Waals surface area contributed by atoms with Crippen molar-refractivity contribution >= 4 is 15.9 Å². The van der Waals surface area contributed by atoms with Crippen LogP contribution in [0.15, 0.2) is 71.3 Å². The van der Waals surface area contributed by atoms with E-state index in [9.17, 15) is 13.2 Å². The van der Waals surface area contributed by atoms with Gasteiger partial charge in [0.15, 0.2) is 0 Å². The van der Waals surface area contributed by atoms with Crippen molar-refractivity contribution in [3.8, 4) is 0 Å². The molecule has 2 atom stereocenters. The molecule has 1 spiro atoms. The summed E-state index contributed by atoms with van der Waals surface area (Å²) in [6.07, 6.45) is 5.51. The number of carbonyl (C=O) groups excluding carboxylic acids is 1. The van der Waals surface area contributed by atoms with Gasteiger partial charge in [0, 0.05) is 13.1 Å². The van der Waals surface area contributed by atoms with Gasteiger partial charge in [-0.25, -0.2) is 8.42 Å². The highest BCUT2D eigenvalue weighted by Gasteiger charge is 2.43. The molecule has 0 bridgehead atoms. The molecule has 8 nitrogen and oxygen atoms in total. The average molecular weight is 512 g/mol. The zero-order chi connectivity index (χ0) is 25.2. The second-order valence-corrected chi connectivity index (χ2v) is 11.8. The lowest BCUT2D eigenvalue weighted by Gasteiger charge is -2.35. The van der Waals surface area contributed by atoms with E-state index in [1.54, 1.807) is 24.3 Å². The molecule has 2 heterocycles. The van der Waals surface area contributed by atoms with Gasteiger partial charge < -0.3 is 10.1 Å². The summed E-state index contributed by atoms with van der Waals surface area (Å²) in [5, 5.41) is 3.11. The summed E-state index contributed by atoms with van der Waals surface area (Å²) >= 11 is 0. The minimum absolute atomic E-state index is 0.0266. The van der Waals surface area contributed by atoms with Crippen LogP contribution in [0.1, 0.15) is 43.2 Å². The standard InChI is InChI=1S/C27H33N3O5S/c1-20-10-12-22(13-11-20)36(32,33)30-16-14-27(15-17-30)18-24(29-35-27)26(31)28-23-8-5-9-25(23)34-19-21-6-3-2-4-7-21/h2-4,6-7,10-13,18,23,25,29H,5,8-9,14-17,19H2,1H3,(H,28,31). The van der Waals surface area contributed by atoms with E-state index in [0.717, 1.165) is 30.4 Å². The Morgan fingerprint density at radius 3 is 2.56 bits per heavy atom. The van der Waals surface area contributed by atoms with Gasteiger partial charge in [0.25, 0.3) is 5.91 Å². The van der Waals surface area contributed by atoms with Gasteiger partial charge in [0.2, 0.25) is 10.0 Å². The summed E-state index contributed by atoms with van der Waals surface area (Å²) in [6.45, 7) is 3.09. The smallest absolute Gasteiger partial charge is 0.269 e. The van der Waals surface area contributed by atoms with Crippen LogP contribution in [0, 0.1) is 6.92 Å². The number of nitrogens with one attached hydrogen (secondary N) is 2. The van der Waals surface area contributed by atoms with Crippen LogP contribution in [0.2, 0.25) is 0 Å². The Morgan fingerprint density at radius 1 is 1.11 bits per heavy atom. The molecule has 3 aliphatic rings. The third kappa shape index (κ3) is 5.34. The number of rotatable bonds is 7. The van der Waals surface area contributed by atoms with E-state index in [0.29, 0.717) is 43.1 Å². The van der Waals surface area contributed by atoms with Crippen LogP contribution in [-0.4, -0.2) is 49.5 Å². The molecule has 5 rings (SSSR count). The van der Waals surface area contributed by atoms with Crippen molar-refractivity contribution in [2.45, 2.75) is 68.3 Å². The van der Waals surface area contributed by atoms with Crippen molar-refractivity contribution in [3.63, 3.8) is 0 Å². The van der Waals surface area contributed by atoms with Crippen LogP contribution in [0.25, 0.3) is 0 Å². The van der Waals surface area contributed by atoms with Crippen LogP contribution in [0.4, 0.5) is 0 Å². The molecule has 1 saturated carbocycles. The minimum Gasteiger partial charge on any atom is -0.371 e. The summed E-state index contributed by atoms with van der Waals surface area (Å²) in [4.78, 5) is 19.1. The lowest BCUT2D eigenvalue weighted by molar-refractivity contribution is -0.121. The maximum Gasteiger partial charge on any atom is 0.269 e. The predicted molar refractivity (Wildman–Crippen MR) is 135 cm³/mol. The Bertz CT molecular complexity index is 1210. The van der Waals surface area contributed by atoms with Crippen molar-refractivity contribution < 1.29 is 22.8 Å². The Morgan fingerprint density at radius 2 is 1.83 bits per heavy atom. The fraction of sp³-hybridized carbons (Fsp3) is 0.444. The Balaban J connectivity index is 1.16. The van der Waals surface area contributed by atoms with E-state index in [2.05, 4.69) is 10.8 Å². The van der Waals surface area contributed by atoms with Crippen LogP contribution >= 0.6 is 0 Å². The Hall–Kier alpha value is -2.72.